The first-order valence-corrected chi connectivity index (χ1v) is 6.90. The normalized spacial score (nSPS) is 22.9. The zero-order chi connectivity index (χ0) is 11.5. The summed E-state index contributed by atoms with van der Waals surface area (Å²) < 4.78 is 25.9. The summed E-state index contributed by atoms with van der Waals surface area (Å²) in [7, 11) is -3.23. The van der Waals surface area contributed by atoms with Gasteiger partial charge in [0.25, 0.3) is 0 Å². The second-order valence-electron chi connectivity index (χ2n) is 4.20. The van der Waals surface area contributed by atoms with Crippen molar-refractivity contribution in [1.29, 1.82) is 0 Å². The van der Waals surface area contributed by atoms with E-state index in [1.54, 1.807) is 6.92 Å². The van der Waals surface area contributed by atoms with Gasteiger partial charge in [-0.25, -0.2) is 13.1 Å². The van der Waals surface area contributed by atoms with Crippen LogP contribution in [-0.4, -0.2) is 37.5 Å². The van der Waals surface area contributed by atoms with E-state index in [1.807, 2.05) is 0 Å². The SMILES string of the molecule is CC(O)C(N)CNS(=O)(=O)C1CCCC1. The molecule has 1 fully saturated rings. The van der Waals surface area contributed by atoms with Crippen LogP contribution in [0.2, 0.25) is 0 Å². The van der Waals surface area contributed by atoms with E-state index in [2.05, 4.69) is 4.72 Å². The minimum absolute atomic E-state index is 0.108. The lowest BCUT2D eigenvalue weighted by Crippen LogP contribution is -2.45. The maximum atomic E-state index is 11.7. The second-order valence-corrected chi connectivity index (χ2v) is 6.25. The van der Waals surface area contributed by atoms with Crippen LogP contribution in [0.25, 0.3) is 0 Å². The molecule has 2 unspecified atom stereocenters. The van der Waals surface area contributed by atoms with Crippen LogP contribution in [0.1, 0.15) is 32.6 Å². The molecule has 1 aliphatic rings. The summed E-state index contributed by atoms with van der Waals surface area (Å²) in [6, 6.07) is -0.541. The van der Waals surface area contributed by atoms with Crippen molar-refractivity contribution in [2.45, 2.75) is 50.0 Å². The molecule has 15 heavy (non-hydrogen) atoms. The molecule has 0 aromatic heterocycles. The van der Waals surface area contributed by atoms with Crippen LogP contribution in [0.4, 0.5) is 0 Å². The Bertz CT molecular complexity index is 284. The average molecular weight is 236 g/mol. The van der Waals surface area contributed by atoms with Gasteiger partial charge in [0, 0.05) is 12.6 Å². The lowest BCUT2D eigenvalue weighted by Gasteiger charge is -2.17. The quantitative estimate of drug-likeness (QED) is 0.603. The van der Waals surface area contributed by atoms with Crippen molar-refractivity contribution in [2.24, 2.45) is 5.73 Å². The Labute approximate surface area is 91.1 Å². The van der Waals surface area contributed by atoms with Crippen LogP contribution < -0.4 is 10.5 Å². The van der Waals surface area contributed by atoms with Gasteiger partial charge in [-0.2, -0.15) is 0 Å². The van der Waals surface area contributed by atoms with Crippen LogP contribution in [0, 0.1) is 0 Å². The van der Waals surface area contributed by atoms with Gasteiger partial charge in [0.2, 0.25) is 10.0 Å². The van der Waals surface area contributed by atoms with Gasteiger partial charge < -0.3 is 10.8 Å². The van der Waals surface area contributed by atoms with E-state index in [1.165, 1.54) is 0 Å². The first-order chi connectivity index (χ1) is 6.93. The third-order valence-corrected chi connectivity index (χ3v) is 4.80. The van der Waals surface area contributed by atoms with E-state index in [9.17, 15) is 8.42 Å². The summed E-state index contributed by atoms with van der Waals surface area (Å²) in [5.41, 5.74) is 5.55. The topological polar surface area (TPSA) is 92.4 Å². The van der Waals surface area contributed by atoms with Crippen molar-refractivity contribution < 1.29 is 13.5 Å². The molecular formula is C9H20N2O3S. The molecule has 0 heterocycles. The zero-order valence-electron chi connectivity index (χ0n) is 9.02. The second kappa shape index (κ2) is 5.25. The highest BCUT2D eigenvalue weighted by atomic mass is 32.2. The van der Waals surface area contributed by atoms with Gasteiger partial charge in [-0.15, -0.1) is 0 Å². The van der Waals surface area contributed by atoms with Gasteiger partial charge in [-0.05, 0) is 19.8 Å². The molecule has 4 N–H and O–H groups in total. The molecule has 0 aromatic rings. The number of nitrogens with one attached hydrogen (secondary N) is 1. The molecule has 2 atom stereocenters. The first-order valence-electron chi connectivity index (χ1n) is 5.35. The highest BCUT2D eigenvalue weighted by Crippen LogP contribution is 2.23. The monoisotopic (exact) mass is 236 g/mol. The summed E-state index contributed by atoms with van der Waals surface area (Å²) in [4.78, 5) is 0. The van der Waals surface area contributed by atoms with E-state index < -0.39 is 22.2 Å². The summed E-state index contributed by atoms with van der Waals surface area (Å²) in [5, 5.41) is 8.86. The summed E-state index contributed by atoms with van der Waals surface area (Å²) >= 11 is 0. The van der Waals surface area contributed by atoms with Gasteiger partial charge in [-0.1, -0.05) is 12.8 Å². The zero-order valence-corrected chi connectivity index (χ0v) is 9.83. The third kappa shape index (κ3) is 3.71. The van der Waals surface area contributed by atoms with Crippen molar-refractivity contribution in [3.05, 3.63) is 0 Å². The number of rotatable bonds is 5. The number of nitrogens with two attached hydrogens (primary N) is 1. The van der Waals surface area contributed by atoms with E-state index in [0.717, 1.165) is 25.7 Å². The minimum Gasteiger partial charge on any atom is -0.392 e. The Hall–Kier alpha value is -0.170. The van der Waals surface area contributed by atoms with Crippen molar-refractivity contribution in [2.75, 3.05) is 6.54 Å². The van der Waals surface area contributed by atoms with E-state index >= 15 is 0 Å². The van der Waals surface area contributed by atoms with E-state index in [0.29, 0.717) is 0 Å². The lowest BCUT2D eigenvalue weighted by molar-refractivity contribution is 0.164. The summed E-state index contributed by atoms with van der Waals surface area (Å²) in [6.45, 7) is 1.66. The minimum atomic E-state index is -3.23. The van der Waals surface area contributed by atoms with Crippen LogP contribution >= 0.6 is 0 Å². The molecule has 0 aliphatic heterocycles. The van der Waals surface area contributed by atoms with Gasteiger partial charge >= 0.3 is 0 Å². The number of aliphatic hydroxyl groups excluding tert-OH is 1. The molecule has 5 nitrogen and oxygen atoms in total. The molecule has 0 radical (unpaired) electrons. The van der Waals surface area contributed by atoms with Gasteiger partial charge in [-0.3, -0.25) is 0 Å². The van der Waals surface area contributed by atoms with E-state index in [-0.39, 0.29) is 11.8 Å². The predicted molar refractivity (Wildman–Crippen MR) is 58.8 cm³/mol. The van der Waals surface area contributed by atoms with Crippen molar-refractivity contribution in [1.82, 2.24) is 4.72 Å². The molecule has 0 bridgehead atoms. The Morgan fingerprint density at radius 2 is 2.00 bits per heavy atom. The van der Waals surface area contributed by atoms with Crippen LogP contribution in [-0.2, 0) is 10.0 Å². The van der Waals surface area contributed by atoms with Crippen LogP contribution in [0.5, 0.6) is 0 Å². The average Bonchev–Trinajstić information content (AvgIpc) is 2.67. The number of sulfonamides is 1. The molecule has 0 amide bonds. The molecule has 90 valence electrons. The molecule has 1 saturated carbocycles. The molecule has 1 rings (SSSR count). The molecule has 0 spiro atoms. The Morgan fingerprint density at radius 3 is 2.47 bits per heavy atom. The highest BCUT2D eigenvalue weighted by molar-refractivity contribution is 7.90. The highest BCUT2D eigenvalue weighted by Gasteiger charge is 2.28. The van der Waals surface area contributed by atoms with Gasteiger partial charge in [0.15, 0.2) is 0 Å². The van der Waals surface area contributed by atoms with E-state index in [4.69, 9.17) is 10.8 Å². The third-order valence-electron chi connectivity index (χ3n) is 2.88. The molecular weight excluding hydrogens is 216 g/mol. The number of hydrogen-bond donors (Lipinski definition) is 3. The molecule has 0 aromatic carbocycles. The van der Waals surface area contributed by atoms with Crippen molar-refractivity contribution in [3.63, 3.8) is 0 Å². The maximum absolute atomic E-state index is 11.7. The smallest absolute Gasteiger partial charge is 0.214 e. The molecule has 0 saturated heterocycles. The lowest BCUT2D eigenvalue weighted by atomic mass is 10.2. The summed E-state index contributed by atoms with van der Waals surface area (Å²) in [6.07, 6.45) is 2.73. The molecule has 6 heteroatoms. The fourth-order valence-corrected chi connectivity index (χ4v) is 3.31. The van der Waals surface area contributed by atoms with Gasteiger partial charge in [0.05, 0.1) is 11.4 Å². The number of hydrogen-bond acceptors (Lipinski definition) is 4. The fourth-order valence-electron chi connectivity index (χ4n) is 1.70. The summed E-state index contributed by atoms with van der Waals surface area (Å²) in [5.74, 6) is 0. The van der Waals surface area contributed by atoms with Crippen molar-refractivity contribution >= 4 is 10.0 Å². The first kappa shape index (κ1) is 12.9. The Kier molecular flexibility index (Phi) is 4.51. The van der Waals surface area contributed by atoms with Gasteiger partial charge in [0.1, 0.15) is 0 Å². The van der Waals surface area contributed by atoms with Crippen LogP contribution in [0.3, 0.4) is 0 Å². The Balaban J connectivity index is 2.42. The fraction of sp³-hybridized carbons (Fsp3) is 1.00. The maximum Gasteiger partial charge on any atom is 0.214 e. The predicted octanol–water partition coefficient (Wildman–Crippen LogP) is -0.444. The van der Waals surface area contributed by atoms with Crippen molar-refractivity contribution in [3.8, 4) is 0 Å². The largest absolute Gasteiger partial charge is 0.392 e. The Morgan fingerprint density at radius 1 is 1.47 bits per heavy atom. The standard InChI is InChI=1S/C9H20N2O3S/c1-7(12)9(10)6-11-15(13,14)8-4-2-3-5-8/h7-9,11-12H,2-6,10H2,1H3. The number of aliphatic hydroxyl groups is 1. The molecule has 1 aliphatic carbocycles. The van der Waals surface area contributed by atoms with Crippen LogP contribution in [0.15, 0.2) is 0 Å².